The lowest BCUT2D eigenvalue weighted by molar-refractivity contribution is -0.142. The monoisotopic (exact) mass is 377 g/mol. The van der Waals surface area contributed by atoms with Crippen molar-refractivity contribution in [3.8, 4) is 0 Å². The number of unbranched alkanes of at least 4 members (excludes halogenated alkanes) is 2. The van der Waals surface area contributed by atoms with Gasteiger partial charge in [-0.3, -0.25) is 9.59 Å². The zero-order valence-corrected chi connectivity index (χ0v) is 15.3. The standard InChI is InChI=1S/C15H31N5O4S/c16-7-3-1-5-10(18)13(21)20-12(9-25)14(22)19-11(15(23)24)6-2-4-8-17/h10-12,25H,1-9,16-18H2,(H,19,22)(H,20,21)(H,23,24). The van der Waals surface area contributed by atoms with Gasteiger partial charge in [-0.15, -0.1) is 0 Å². The normalized spacial score (nSPS) is 14.4. The number of rotatable bonds is 14. The van der Waals surface area contributed by atoms with Gasteiger partial charge < -0.3 is 32.9 Å². The van der Waals surface area contributed by atoms with Crippen LogP contribution in [0.4, 0.5) is 0 Å². The molecule has 3 atom stereocenters. The fourth-order valence-corrected chi connectivity index (χ4v) is 2.39. The fourth-order valence-electron chi connectivity index (χ4n) is 2.14. The number of hydrogen-bond acceptors (Lipinski definition) is 7. The largest absolute Gasteiger partial charge is 0.480 e. The van der Waals surface area contributed by atoms with Crippen LogP contribution >= 0.6 is 12.6 Å². The summed E-state index contributed by atoms with van der Waals surface area (Å²) in [5.41, 5.74) is 16.5. The van der Waals surface area contributed by atoms with Crippen molar-refractivity contribution in [3.05, 3.63) is 0 Å². The smallest absolute Gasteiger partial charge is 0.326 e. The lowest BCUT2D eigenvalue weighted by Crippen LogP contribution is -2.55. The topological polar surface area (TPSA) is 174 Å². The predicted octanol–water partition coefficient (Wildman–Crippen LogP) is -1.44. The Morgan fingerprint density at radius 3 is 1.88 bits per heavy atom. The maximum absolute atomic E-state index is 12.2. The molecule has 0 spiro atoms. The van der Waals surface area contributed by atoms with Gasteiger partial charge in [-0.25, -0.2) is 4.79 Å². The zero-order valence-electron chi connectivity index (χ0n) is 14.4. The first-order valence-corrected chi connectivity index (χ1v) is 9.10. The Morgan fingerprint density at radius 2 is 1.40 bits per heavy atom. The number of nitrogens with one attached hydrogen (secondary N) is 2. The van der Waals surface area contributed by atoms with Crippen LogP contribution in [0.25, 0.3) is 0 Å². The molecule has 0 aliphatic carbocycles. The molecule has 0 bridgehead atoms. The summed E-state index contributed by atoms with van der Waals surface area (Å²) in [5, 5.41) is 14.1. The highest BCUT2D eigenvalue weighted by Crippen LogP contribution is 2.03. The Morgan fingerprint density at radius 1 is 0.880 bits per heavy atom. The summed E-state index contributed by atoms with van der Waals surface area (Å²) in [4.78, 5) is 35.5. The van der Waals surface area contributed by atoms with Crippen molar-refractivity contribution >= 4 is 30.4 Å². The summed E-state index contributed by atoms with van der Waals surface area (Å²) in [7, 11) is 0. The van der Waals surface area contributed by atoms with Crippen molar-refractivity contribution in [2.45, 2.75) is 56.7 Å². The highest BCUT2D eigenvalue weighted by atomic mass is 32.1. The number of amides is 2. The molecule has 0 aliphatic rings. The zero-order chi connectivity index (χ0) is 19.2. The third kappa shape index (κ3) is 10.3. The van der Waals surface area contributed by atoms with Gasteiger partial charge in [0.25, 0.3) is 0 Å². The van der Waals surface area contributed by atoms with Crippen LogP contribution in [-0.4, -0.2) is 59.9 Å². The van der Waals surface area contributed by atoms with E-state index >= 15 is 0 Å². The second-order valence-electron chi connectivity index (χ2n) is 5.82. The lowest BCUT2D eigenvalue weighted by atomic mass is 10.1. The summed E-state index contributed by atoms with van der Waals surface area (Å²) in [6, 6.07) is -2.73. The summed E-state index contributed by atoms with van der Waals surface area (Å²) >= 11 is 4.05. The van der Waals surface area contributed by atoms with Gasteiger partial charge in [0.2, 0.25) is 11.8 Å². The minimum Gasteiger partial charge on any atom is -0.480 e. The fraction of sp³-hybridized carbons (Fsp3) is 0.800. The molecule has 146 valence electrons. The molecular formula is C15H31N5O4S. The van der Waals surface area contributed by atoms with Gasteiger partial charge in [0.05, 0.1) is 6.04 Å². The van der Waals surface area contributed by atoms with Gasteiger partial charge in [0, 0.05) is 5.75 Å². The molecule has 9 N–H and O–H groups in total. The number of carbonyl (C=O) groups excluding carboxylic acids is 2. The Labute approximate surface area is 153 Å². The molecule has 10 heteroatoms. The van der Waals surface area contributed by atoms with Crippen LogP contribution < -0.4 is 27.8 Å². The maximum Gasteiger partial charge on any atom is 0.326 e. The Kier molecular flexibility index (Phi) is 13.1. The first-order valence-electron chi connectivity index (χ1n) is 8.47. The van der Waals surface area contributed by atoms with Crippen LogP contribution in [0.3, 0.4) is 0 Å². The Bertz CT molecular complexity index is 425. The Balaban J connectivity index is 4.56. The molecule has 0 aliphatic heterocycles. The van der Waals surface area contributed by atoms with Crippen LogP contribution in [0.1, 0.15) is 38.5 Å². The number of thiol groups is 1. The molecule has 3 unspecified atom stereocenters. The van der Waals surface area contributed by atoms with Crippen molar-refractivity contribution in [1.82, 2.24) is 10.6 Å². The quantitative estimate of drug-likeness (QED) is 0.143. The molecule has 0 fully saturated rings. The number of hydrogen-bond donors (Lipinski definition) is 7. The van der Waals surface area contributed by atoms with Crippen molar-refractivity contribution in [2.24, 2.45) is 17.2 Å². The van der Waals surface area contributed by atoms with E-state index in [1.807, 2.05) is 0 Å². The van der Waals surface area contributed by atoms with Crippen LogP contribution in [0.5, 0.6) is 0 Å². The van der Waals surface area contributed by atoms with Crippen LogP contribution in [-0.2, 0) is 14.4 Å². The predicted molar refractivity (Wildman–Crippen MR) is 99.1 cm³/mol. The van der Waals surface area contributed by atoms with E-state index in [-0.39, 0.29) is 12.2 Å². The first-order chi connectivity index (χ1) is 11.9. The molecule has 0 saturated carbocycles. The van der Waals surface area contributed by atoms with E-state index in [1.54, 1.807) is 0 Å². The lowest BCUT2D eigenvalue weighted by Gasteiger charge is -2.21. The summed E-state index contributed by atoms with van der Waals surface area (Å²) in [6.07, 6.45) is 3.46. The van der Waals surface area contributed by atoms with E-state index in [0.29, 0.717) is 38.8 Å². The number of carboxylic acids is 1. The minimum atomic E-state index is -1.13. The van der Waals surface area contributed by atoms with Crippen LogP contribution in [0, 0.1) is 0 Å². The highest BCUT2D eigenvalue weighted by Gasteiger charge is 2.26. The number of carboxylic acid groups (broad SMARTS) is 1. The van der Waals surface area contributed by atoms with Gasteiger partial charge in [0.1, 0.15) is 12.1 Å². The van der Waals surface area contributed by atoms with Crippen molar-refractivity contribution in [1.29, 1.82) is 0 Å². The van der Waals surface area contributed by atoms with E-state index < -0.39 is 35.9 Å². The van der Waals surface area contributed by atoms with Crippen LogP contribution in [0.15, 0.2) is 0 Å². The van der Waals surface area contributed by atoms with Gasteiger partial charge >= 0.3 is 5.97 Å². The number of nitrogens with two attached hydrogens (primary N) is 3. The average molecular weight is 378 g/mol. The van der Waals surface area contributed by atoms with Gasteiger partial charge in [-0.2, -0.15) is 12.6 Å². The Hall–Kier alpha value is -1.36. The average Bonchev–Trinajstić information content (AvgIpc) is 2.58. The van der Waals surface area contributed by atoms with E-state index in [2.05, 4.69) is 23.3 Å². The van der Waals surface area contributed by atoms with Gasteiger partial charge in [-0.1, -0.05) is 6.42 Å². The molecule has 0 saturated heterocycles. The second kappa shape index (κ2) is 13.9. The maximum atomic E-state index is 12.2. The third-order valence-corrected chi connectivity index (χ3v) is 4.05. The molecule has 0 radical (unpaired) electrons. The third-order valence-electron chi connectivity index (χ3n) is 3.68. The summed E-state index contributed by atoms with van der Waals surface area (Å²) in [5.74, 6) is -2.17. The highest BCUT2D eigenvalue weighted by molar-refractivity contribution is 7.80. The number of carbonyl (C=O) groups is 3. The molecular weight excluding hydrogens is 346 g/mol. The molecule has 0 aromatic heterocycles. The van der Waals surface area contributed by atoms with Gasteiger partial charge in [-0.05, 0) is 45.2 Å². The van der Waals surface area contributed by atoms with E-state index in [9.17, 15) is 19.5 Å². The molecule has 0 aromatic rings. The van der Waals surface area contributed by atoms with Crippen molar-refractivity contribution in [3.63, 3.8) is 0 Å². The second-order valence-corrected chi connectivity index (χ2v) is 6.18. The minimum absolute atomic E-state index is 0.0300. The SMILES string of the molecule is NCCCCC(N)C(=O)NC(CS)C(=O)NC(CCCCN)C(=O)O. The molecule has 25 heavy (non-hydrogen) atoms. The van der Waals surface area contributed by atoms with E-state index in [0.717, 1.165) is 6.42 Å². The molecule has 0 heterocycles. The molecule has 0 aromatic carbocycles. The molecule has 9 nitrogen and oxygen atoms in total. The summed E-state index contributed by atoms with van der Waals surface area (Å²) in [6.45, 7) is 0.981. The van der Waals surface area contributed by atoms with Crippen molar-refractivity contribution < 1.29 is 19.5 Å². The summed E-state index contributed by atoms with van der Waals surface area (Å²) < 4.78 is 0. The molecule has 2 amide bonds. The number of aliphatic carboxylic acids is 1. The first kappa shape index (κ1) is 23.6. The van der Waals surface area contributed by atoms with Crippen molar-refractivity contribution in [2.75, 3.05) is 18.8 Å². The van der Waals surface area contributed by atoms with Crippen LogP contribution in [0.2, 0.25) is 0 Å². The van der Waals surface area contributed by atoms with E-state index in [1.165, 1.54) is 0 Å². The van der Waals surface area contributed by atoms with Gasteiger partial charge in [0.15, 0.2) is 0 Å². The molecule has 0 rings (SSSR count). The van der Waals surface area contributed by atoms with E-state index in [4.69, 9.17) is 17.2 Å².